The average molecular weight is 350 g/mol. The first-order chi connectivity index (χ1) is 11.9. The molecule has 3 rings (SSSR count). The van der Waals surface area contributed by atoms with Crippen molar-refractivity contribution in [3.63, 3.8) is 0 Å². The highest BCUT2D eigenvalue weighted by molar-refractivity contribution is 5.52. The molecule has 5 nitrogen and oxygen atoms in total. The van der Waals surface area contributed by atoms with E-state index in [9.17, 15) is 5.11 Å². The molecule has 0 aromatic heterocycles. The average Bonchev–Trinajstić information content (AvgIpc) is 2.59. The van der Waals surface area contributed by atoms with Crippen LogP contribution in [-0.4, -0.2) is 38.1 Å². The normalized spacial score (nSPS) is 35.0. The van der Waals surface area contributed by atoms with Crippen molar-refractivity contribution < 1.29 is 24.1 Å². The summed E-state index contributed by atoms with van der Waals surface area (Å²) in [5.41, 5.74) is 0.0895. The predicted molar refractivity (Wildman–Crippen MR) is 95.5 cm³/mol. The topological polar surface area (TPSA) is 57.2 Å². The van der Waals surface area contributed by atoms with Gasteiger partial charge in [0, 0.05) is 24.5 Å². The maximum atomic E-state index is 11.1. The van der Waals surface area contributed by atoms with Gasteiger partial charge in [0.2, 0.25) is 0 Å². The summed E-state index contributed by atoms with van der Waals surface area (Å²) in [6, 6.07) is 3.68. The van der Waals surface area contributed by atoms with Crippen molar-refractivity contribution in [1.29, 1.82) is 0 Å². The van der Waals surface area contributed by atoms with Crippen molar-refractivity contribution in [2.75, 3.05) is 21.3 Å². The SMILES string of the molecule is COc1cc(OC)c([C@H]2CC(C)(O)[C@@H]3CC[C@@H](C)C[C@H]3O2)c(OC)c1. The van der Waals surface area contributed by atoms with Crippen LogP contribution in [0.15, 0.2) is 12.1 Å². The molecule has 2 aliphatic rings. The number of fused-ring (bicyclic) bond motifs is 1. The number of aliphatic hydroxyl groups is 1. The molecule has 1 aliphatic heterocycles. The van der Waals surface area contributed by atoms with Crippen LogP contribution in [0.5, 0.6) is 17.2 Å². The Kier molecular flexibility index (Phi) is 5.16. The molecule has 1 aromatic carbocycles. The molecule has 25 heavy (non-hydrogen) atoms. The van der Waals surface area contributed by atoms with Gasteiger partial charge in [-0.2, -0.15) is 0 Å². The van der Waals surface area contributed by atoms with Crippen LogP contribution >= 0.6 is 0 Å². The summed E-state index contributed by atoms with van der Waals surface area (Å²) in [7, 11) is 4.87. The molecule has 1 unspecified atom stereocenters. The minimum absolute atomic E-state index is 0.0639. The van der Waals surface area contributed by atoms with Gasteiger partial charge in [0.05, 0.1) is 44.7 Å². The number of benzene rings is 1. The zero-order chi connectivity index (χ0) is 18.2. The quantitative estimate of drug-likeness (QED) is 0.897. The summed E-state index contributed by atoms with van der Waals surface area (Å²) in [5.74, 6) is 2.81. The number of hydrogen-bond donors (Lipinski definition) is 1. The summed E-state index contributed by atoms with van der Waals surface area (Å²) in [4.78, 5) is 0. The van der Waals surface area contributed by atoms with Gasteiger partial charge in [0.15, 0.2) is 0 Å². The summed E-state index contributed by atoms with van der Waals surface area (Å²) >= 11 is 0. The second-order valence-corrected chi connectivity index (χ2v) is 7.69. The van der Waals surface area contributed by atoms with Crippen molar-refractivity contribution in [1.82, 2.24) is 0 Å². The molecule has 1 saturated carbocycles. The largest absolute Gasteiger partial charge is 0.496 e. The third kappa shape index (κ3) is 3.44. The zero-order valence-electron chi connectivity index (χ0n) is 15.9. The minimum Gasteiger partial charge on any atom is -0.496 e. The van der Waals surface area contributed by atoms with E-state index in [4.69, 9.17) is 18.9 Å². The van der Waals surface area contributed by atoms with E-state index in [0.717, 1.165) is 24.8 Å². The number of rotatable bonds is 4. The van der Waals surface area contributed by atoms with Crippen molar-refractivity contribution in [3.05, 3.63) is 17.7 Å². The Hall–Kier alpha value is -1.46. The molecule has 5 atom stereocenters. The first-order valence-electron chi connectivity index (χ1n) is 9.07. The number of ether oxygens (including phenoxy) is 4. The Morgan fingerprint density at radius 2 is 1.72 bits per heavy atom. The van der Waals surface area contributed by atoms with E-state index in [1.165, 1.54) is 0 Å². The van der Waals surface area contributed by atoms with Crippen molar-refractivity contribution >= 4 is 0 Å². The van der Waals surface area contributed by atoms with Gasteiger partial charge in [0.1, 0.15) is 17.2 Å². The van der Waals surface area contributed by atoms with Crippen LogP contribution in [0.25, 0.3) is 0 Å². The highest BCUT2D eigenvalue weighted by Crippen LogP contribution is 2.51. The fraction of sp³-hybridized carbons (Fsp3) is 0.700. The minimum atomic E-state index is -0.760. The standard InChI is InChI=1S/C20H30O5/c1-12-6-7-14-15(8-12)25-18(11-20(14,2)21)19-16(23-4)9-13(22-3)10-17(19)24-5/h9-10,12,14-15,18,21H,6-8,11H2,1-5H3/t12-,14-,15-,18-,20?/m1/s1. The van der Waals surface area contributed by atoms with Crippen LogP contribution in [0.1, 0.15) is 51.2 Å². The van der Waals surface area contributed by atoms with E-state index in [1.54, 1.807) is 21.3 Å². The highest BCUT2D eigenvalue weighted by atomic mass is 16.5. The van der Waals surface area contributed by atoms with Crippen LogP contribution in [0.3, 0.4) is 0 Å². The number of hydrogen-bond acceptors (Lipinski definition) is 5. The van der Waals surface area contributed by atoms with Crippen LogP contribution in [0.2, 0.25) is 0 Å². The molecular weight excluding hydrogens is 320 g/mol. The lowest BCUT2D eigenvalue weighted by molar-refractivity contribution is -0.198. The summed E-state index contributed by atoms with van der Waals surface area (Å²) in [5, 5.41) is 11.1. The lowest BCUT2D eigenvalue weighted by Crippen LogP contribution is -2.51. The first-order valence-corrected chi connectivity index (χ1v) is 9.07. The predicted octanol–water partition coefficient (Wildman–Crippen LogP) is 3.73. The zero-order valence-corrected chi connectivity index (χ0v) is 15.9. The van der Waals surface area contributed by atoms with E-state index in [2.05, 4.69) is 6.92 Å². The van der Waals surface area contributed by atoms with Crippen LogP contribution in [0.4, 0.5) is 0 Å². The highest BCUT2D eigenvalue weighted by Gasteiger charge is 2.48. The maximum Gasteiger partial charge on any atom is 0.132 e. The molecule has 5 heteroatoms. The monoisotopic (exact) mass is 350 g/mol. The Balaban J connectivity index is 1.98. The van der Waals surface area contributed by atoms with E-state index >= 15 is 0 Å². The van der Waals surface area contributed by atoms with Gasteiger partial charge in [-0.1, -0.05) is 13.3 Å². The molecule has 140 valence electrons. The third-order valence-electron chi connectivity index (χ3n) is 5.87. The Morgan fingerprint density at radius 3 is 2.28 bits per heavy atom. The molecule has 0 amide bonds. The number of methoxy groups -OCH3 is 3. The molecule has 0 radical (unpaired) electrons. The van der Waals surface area contributed by atoms with Gasteiger partial charge < -0.3 is 24.1 Å². The van der Waals surface area contributed by atoms with Crippen molar-refractivity contribution in [2.45, 2.75) is 57.3 Å². The summed E-state index contributed by atoms with van der Waals surface area (Å²) < 4.78 is 23.0. The maximum absolute atomic E-state index is 11.1. The fourth-order valence-electron chi connectivity index (χ4n) is 4.50. The molecule has 2 fully saturated rings. The third-order valence-corrected chi connectivity index (χ3v) is 5.87. The molecule has 0 bridgehead atoms. The Bertz CT molecular complexity index is 587. The molecular formula is C20H30O5. The van der Waals surface area contributed by atoms with Gasteiger partial charge >= 0.3 is 0 Å². The van der Waals surface area contributed by atoms with E-state index in [0.29, 0.717) is 29.6 Å². The summed E-state index contributed by atoms with van der Waals surface area (Å²) in [6.07, 6.45) is 3.48. The first kappa shape index (κ1) is 18.3. The molecule has 1 aromatic rings. The second-order valence-electron chi connectivity index (χ2n) is 7.69. The van der Waals surface area contributed by atoms with Crippen LogP contribution in [0, 0.1) is 11.8 Å². The van der Waals surface area contributed by atoms with E-state index in [-0.39, 0.29) is 18.1 Å². The summed E-state index contributed by atoms with van der Waals surface area (Å²) in [6.45, 7) is 4.20. The van der Waals surface area contributed by atoms with Gasteiger partial charge in [0.25, 0.3) is 0 Å². The second kappa shape index (κ2) is 7.04. The molecule has 0 spiro atoms. The lowest BCUT2D eigenvalue weighted by atomic mass is 9.68. The van der Waals surface area contributed by atoms with Gasteiger partial charge in [-0.05, 0) is 25.7 Å². The Labute approximate surface area is 150 Å². The fourth-order valence-corrected chi connectivity index (χ4v) is 4.50. The van der Waals surface area contributed by atoms with Gasteiger partial charge in [-0.15, -0.1) is 0 Å². The van der Waals surface area contributed by atoms with Crippen molar-refractivity contribution in [3.8, 4) is 17.2 Å². The smallest absolute Gasteiger partial charge is 0.132 e. The lowest BCUT2D eigenvalue weighted by Gasteiger charge is -2.49. The van der Waals surface area contributed by atoms with E-state index in [1.807, 2.05) is 19.1 Å². The van der Waals surface area contributed by atoms with Gasteiger partial charge in [-0.3, -0.25) is 0 Å². The molecule has 1 aliphatic carbocycles. The Morgan fingerprint density at radius 1 is 1.08 bits per heavy atom. The molecule has 1 heterocycles. The molecule has 1 N–H and O–H groups in total. The van der Waals surface area contributed by atoms with Crippen molar-refractivity contribution in [2.24, 2.45) is 11.8 Å². The van der Waals surface area contributed by atoms with Gasteiger partial charge in [-0.25, -0.2) is 0 Å². The van der Waals surface area contributed by atoms with Crippen LogP contribution in [-0.2, 0) is 4.74 Å². The van der Waals surface area contributed by atoms with Crippen LogP contribution < -0.4 is 14.2 Å². The van der Waals surface area contributed by atoms with E-state index < -0.39 is 5.60 Å². The molecule has 1 saturated heterocycles.